The fourth-order valence-corrected chi connectivity index (χ4v) is 6.62. The van der Waals surface area contributed by atoms with Crippen molar-refractivity contribution >= 4 is 69.9 Å². The molecular formula is C27H21Br3N6O6. The smallest absolute Gasteiger partial charge is 0.432 e. The van der Waals surface area contributed by atoms with Gasteiger partial charge in [-0.05, 0) is 12.1 Å². The van der Waals surface area contributed by atoms with Gasteiger partial charge in [-0.25, -0.2) is 14.4 Å². The molecule has 3 aromatic rings. The molecule has 0 radical (unpaired) electrons. The van der Waals surface area contributed by atoms with Gasteiger partial charge in [-0.1, -0.05) is 37.7 Å². The summed E-state index contributed by atoms with van der Waals surface area (Å²) in [6.45, 7) is 0. The van der Waals surface area contributed by atoms with E-state index < -0.39 is 34.6 Å². The van der Waals surface area contributed by atoms with Gasteiger partial charge in [-0.2, -0.15) is 0 Å². The van der Waals surface area contributed by atoms with Crippen LogP contribution in [-0.4, -0.2) is 72.2 Å². The molecule has 216 valence electrons. The van der Waals surface area contributed by atoms with Gasteiger partial charge in [0.25, 0.3) is 0 Å². The van der Waals surface area contributed by atoms with Gasteiger partial charge in [0.2, 0.25) is 0 Å². The van der Waals surface area contributed by atoms with Crippen LogP contribution in [0.25, 0.3) is 0 Å². The van der Waals surface area contributed by atoms with E-state index in [2.05, 4.69) is 0 Å². The number of hydrogen-bond acceptors (Lipinski definition) is 6. The number of carboxylic acids is 3. The lowest BCUT2D eigenvalue weighted by Crippen LogP contribution is -3.00. The summed E-state index contributed by atoms with van der Waals surface area (Å²) in [4.78, 5) is 51.9. The van der Waals surface area contributed by atoms with E-state index in [-0.39, 0.29) is 75.8 Å². The van der Waals surface area contributed by atoms with Gasteiger partial charge in [0, 0.05) is 18.2 Å². The number of para-hydroxylation sites is 4. The Morgan fingerprint density at radius 2 is 0.976 bits per heavy atom. The van der Waals surface area contributed by atoms with Crippen molar-refractivity contribution in [3.05, 3.63) is 71.3 Å². The fraction of sp³-hybridized carbons (Fsp3) is 0.111. The summed E-state index contributed by atoms with van der Waals surface area (Å²) < 4.78 is -0.248. The second-order valence-electron chi connectivity index (χ2n) is 10.2. The lowest BCUT2D eigenvalue weighted by Gasteiger charge is -2.44. The van der Waals surface area contributed by atoms with Crippen molar-refractivity contribution in [1.29, 1.82) is 0 Å². The second kappa shape index (κ2) is 9.72. The first-order valence-electron chi connectivity index (χ1n) is 12.0. The van der Waals surface area contributed by atoms with Crippen LogP contribution in [0.2, 0.25) is 0 Å². The summed E-state index contributed by atoms with van der Waals surface area (Å²) in [6.07, 6.45) is 0. The summed E-state index contributed by atoms with van der Waals surface area (Å²) in [5, 5.41) is 30.1. The van der Waals surface area contributed by atoms with Crippen LogP contribution in [0.4, 0.5) is 34.1 Å². The minimum absolute atomic E-state index is 0. The average Bonchev–Trinajstić information content (AvgIpc) is 3.50. The van der Waals surface area contributed by atoms with Gasteiger partial charge in [-0.15, -0.1) is 15.0 Å². The SMILES string of the molecule is C[N+]12C(=Nc3ccccc31)[N+]1(C)C(=Nc3ccccc31)[N+]1(C)C2=Nc2c1cc(C(=O)O)c(C(=O)O)c2C(=O)O.[Br-].[Br-].[Br-]. The highest BCUT2D eigenvalue weighted by molar-refractivity contribution is 6.41. The Hall–Kier alpha value is -3.60. The number of halogens is 3. The molecule has 0 saturated carbocycles. The molecule has 1 fully saturated rings. The highest BCUT2D eigenvalue weighted by Crippen LogP contribution is 2.57. The van der Waals surface area contributed by atoms with E-state index in [0.717, 1.165) is 11.4 Å². The number of aliphatic imine (C=N–C) groups is 3. The molecule has 4 aliphatic heterocycles. The fourth-order valence-electron chi connectivity index (χ4n) is 6.62. The van der Waals surface area contributed by atoms with Gasteiger partial charge >= 0.3 is 35.8 Å². The van der Waals surface area contributed by atoms with E-state index in [4.69, 9.17) is 15.0 Å². The summed E-state index contributed by atoms with van der Waals surface area (Å²) in [5.74, 6) is -3.26. The second-order valence-corrected chi connectivity index (χ2v) is 10.2. The van der Waals surface area contributed by atoms with Crippen molar-refractivity contribution in [2.45, 2.75) is 0 Å². The predicted molar refractivity (Wildman–Crippen MR) is 145 cm³/mol. The molecule has 0 amide bonds. The first-order valence-corrected chi connectivity index (χ1v) is 12.0. The quantitative estimate of drug-likeness (QED) is 0.228. The molecule has 0 spiro atoms. The topological polar surface area (TPSA) is 149 Å². The van der Waals surface area contributed by atoms with Gasteiger partial charge in [0.15, 0.2) is 22.7 Å². The zero-order valence-electron chi connectivity index (χ0n) is 22.1. The number of aromatic carboxylic acids is 3. The molecule has 4 aliphatic rings. The molecule has 42 heavy (non-hydrogen) atoms. The average molecular weight is 765 g/mol. The Kier molecular flexibility index (Phi) is 7.25. The van der Waals surface area contributed by atoms with Crippen LogP contribution in [0, 0.1) is 0 Å². The third-order valence-electron chi connectivity index (χ3n) is 8.20. The first kappa shape index (κ1) is 31.3. The highest BCUT2D eigenvalue weighted by Gasteiger charge is 2.78. The van der Waals surface area contributed by atoms with Crippen LogP contribution in [0.3, 0.4) is 0 Å². The van der Waals surface area contributed by atoms with E-state index in [1.54, 1.807) is 7.05 Å². The zero-order chi connectivity index (χ0) is 27.6. The van der Waals surface area contributed by atoms with Crippen molar-refractivity contribution in [2.75, 3.05) is 21.1 Å². The largest absolute Gasteiger partial charge is 1.00 e. The summed E-state index contributed by atoms with van der Waals surface area (Å²) in [5.41, 5.74) is 0.992. The minimum Gasteiger partial charge on any atom is -1.00 e. The predicted octanol–water partition coefficient (Wildman–Crippen LogP) is -4.98. The molecule has 0 aliphatic carbocycles. The molecule has 0 bridgehead atoms. The van der Waals surface area contributed by atoms with Crippen LogP contribution < -0.4 is 64.4 Å². The van der Waals surface area contributed by atoms with Crippen LogP contribution in [0.5, 0.6) is 0 Å². The molecular weight excluding hydrogens is 744 g/mol. The summed E-state index contributed by atoms with van der Waals surface area (Å²) in [6, 6.07) is 16.4. The standard InChI is InChI=1S/C27H18N6O6.3BrH/c1-31-16-10-6-4-8-14(16)29-26(31)33(3)18-12-13(22(34)35)19(23(36)37)20(24(38)39)21(18)30-27(33)32(2)17-11-7-5-9-15(17)28-25(31)32;;;/h4-12H,1-3H3;3*1H. The number of nitrogens with zero attached hydrogens (tertiary/aromatic N) is 6. The molecule has 0 aromatic heterocycles. The Morgan fingerprint density at radius 3 is 1.40 bits per heavy atom. The molecule has 7 rings (SSSR count). The van der Waals surface area contributed by atoms with Gasteiger partial charge in [-0.3, -0.25) is 0 Å². The van der Waals surface area contributed by atoms with Crippen LogP contribution in [0.1, 0.15) is 31.1 Å². The van der Waals surface area contributed by atoms with E-state index in [1.807, 2.05) is 62.6 Å². The zero-order valence-corrected chi connectivity index (χ0v) is 26.8. The molecule has 12 nitrogen and oxygen atoms in total. The van der Waals surface area contributed by atoms with Gasteiger partial charge < -0.3 is 66.3 Å². The Labute approximate surface area is 270 Å². The first-order chi connectivity index (χ1) is 18.5. The Morgan fingerprint density at radius 1 is 0.571 bits per heavy atom. The number of rotatable bonds is 3. The number of benzene rings is 3. The maximum absolute atomic E-state index is 12.6. The number of carbonyl (C=O) groups is 3. The molecule has 3 aromatic carbocycles. The monoisotopic (exact) mass is 762 g/mol. The molecule has 4 heterocycles. The van der Waals surface area contributed by atoms with Gasteiger partial charge in [0.1, 0.15) is 16.9 Å². The number of guanidine groups is 3. The Balaban J connectivity index is 0.00000135. The van der Waals surface area contributed by atoms with Gasteiger partial charge in [0.05, 0.1) is 32.3 Å². The molecule has 15 heteroatoms. The maximum atomic E-state index is 12.6. The summed E-state index contributed by atoms with van der Waals surface area (Å²) in [7, 11) is 5.64. The van der Waals surface area contributed by atoms with Crippen molar-refractivity contribution in [2.24, 2.45) is 15.0 Å². The van der Waals surface area contributed by atoms with Crippen LogP contribution >= 0.6 is 0 Å². The number of quaternary nitrogens is 3. The Bertz CT molecular complexity index is 1880. The van der Waals surface area contributed by atoms with E-state index in [9.17, 15) is 29.7 Å². The van der Waals surface area contributed by atoms with E-state index in [1.165, 1.54) is 6.07 Å². The number of carboxylic acid groups (broad SMARTS) is 3. The molecule has 3 N–H and O–H groups in total. The maximum Gasteiger partial charge on any atom is 0.432 e. The number of hydrogen-bond donors (Lipinski definition) is 3. The lowest BCUT2D eigenvalue weighted by molar-refractivity contribution is -0.00100. The van der Waals surface area contributed by atoms with Crippen molar-refractivity contribution in [1.82, 2.24) is 13.4 Å². The van der Waals surface area contributed by atoms with E-state index >= 15 is 0 Å². The lowest BCUT2D eigenvalue weighted by atomic mass is 9.96. The third-order valence-corrected chi connectivity index (χ3v) is 8.20. The normalized spacial score (nSPS) is 24.8. The highest BCUT2D eigenvalue weighted by atomic mass is 79.9. The van der Waals surface area contributed by atoms with Crippen molar-refractivity contribution in [3.63, 3.8) is 0 Å². The minimum atomic E-state index is -1.67. The molecule has 3 unspecified atom stereocenters. The van der Waals surface area contributed by atoms with Crippen LogP contribution in [-0.2, 0) is 0 Å². The summed E-state index contributed by atoms with van der Waals surface area (Å²) >= 11 is 0. The van der Waals surface area contributed by atoms with Crippen molar-refractivity contribution in [3.8, 4) is 0 Å². The molecule has 3 atom stereocenters. The molecule has 1 saturated heterocycles. The third kappa shape index (κ3) is 3.37. The van der Waals surface area contributed by atoms with Crippen LogP contribution in [0.15, 0.2) is 69.6 Å². The van der Waals surface area contributed by atoms with E-state index in [0.29, 0.717) is 29.3 Å². The van der Waals surface area contributed by atoms with Crippen molar-refractivity contribution < 1.29 is 80.6 Å². The number of fused-ring (bicyclic) bond motifs is 12.